The van der Waals surface area contributed by atoms with Gasteiger partial charge in [0.2, 0.25) is 5.91 Å². The highest BCUT2D eigenvalue weighted by Crippen LogP contribution is 2.22. The topological polar surface area (TPSA) is 89.3 Å². The van der Waals surface area contributed by atoms with Gasteiger partial charge in [0.15, 0.2) is 9.84 Å². The first-order valence-corrected chi connectivity index (χ1v) is 11.1. The fourth-order valence-electron chi connectivity index (χ4n) is 3.47. The van der Waals surface area contributed by atoms with Crippen molar-refractivity contribution in [3.8, 4) is 0 Å². The van der Waals surface area contributed by atoms with E-state index in [1.807, 2.05) is 13.8 Å². The van der Waals surface area contributed by atoms with Crippen molar-refractivity contribution in [3.05, 3.63) is 39.9 Å². The number of carbonyl (C=O) groups is 1. The summed E-state index contributed by atoms with van der Waals surface area (Å²) in [5.41, 5.74) is 0.160. The van der Waals surface area contributed by atoms with Crippen LogP contribution >= 0.6 is 11.6 Å². The number of rotatable bonds is 5. The van der Waals surface area contributed by atoms with Gasteiger partial charge >= 0.3 is 0 Å². The summed E-state index contributed by atoms with van der Waals surface area (Å²) in [7, 11) is -3.12. The lowest BCUT2D eigenvalue weighted by Crippen LogP contribution is -2.48. The van der Waals surface area contributed by atoms with E-state index < -0.39 is 9.84 Å². The zero-order chi connectivity index (χ0) is 19.8. The molecule has 0 radical (unpaired) electrons. The maximum atomic E-state index is 13.0. The number of nitrogens with zero attached hydrogens (tertiary/aromatic N) is 3. The van der Waals surface area contributed by atoms with Crippen molar-refractivity contribution in [2.45, 2.75) is 45.3 Å². The van der Waals surface area contributed by atoms with E-state index in [2.05, 4.69) is 4.98 Å². The third kappa shape index (κ3) is 4.16. The minimum absolute atomic E-state index is 0.0242. The highest BCUT2D eigenvalue weighted by Gasteiger charge is 2.36. The summed E-state index contributed by atoms with van der Waals surface area (Å²) in [6.07, 6.45) is 2.47. The number of benzene rings is 1. The van der Waals surface area contributed by atoms with Crippen LogP contribution in [0.15, 0.2) is 29.3 Å². The van der Waals surface area contributed by atoms with Gasteiger partial charge in [-0.25, -0.2) is 13.4 Å². The first kappa shape index (κ1) is 19.8. The quantitative estimate of drug-likeness (QED) is 0.749. The zero-order valence-electron chi connectivity index (χ0n) is 15.3. The first-order valence-electron chi connectivity index (χ1n) is 8.88. The number of aromatic nitrogens is 2. The van der Waals surface area contributed by atoms with Gasteiger partial charge in [-0.05, 0) is 38.0 Å². The Labute approximate surface area is 162 Å². The zero-order valence-corrected chi connectivity index (χ0v) is 16.8. The van der Waals surface area contributed by atoms with Crippen molar-refractivity contribution in [1.82, 2.24) is 14.5 Å². The Kier molecular flexibility index (Phi) is 5.58. The van der Waals surface area contributed by atoms with Crippen LogP contribution in [-0.4, -0.2) is 52.4 Å². The molecule has 27 heavy (non-hydrogen) atoms. The van der Waals surface area contributed by atoms with Gasteiger partial charge in [0.1, 0.15) is 6.54 Å². The van der Waals surface area contributed by atoms with Crippen molar-refractivity contribution < 1.29 is 13.2 Å². The summed E-state index contributed by atoms with van der Waals surface area (Å²) in [6.45, 7) is 3.65. The Bertz CT molecular complexity index is 1030. The number of hydrogen-bond donors (Lipinski definition) is 0. The molecule has 1 saturated heterocycles. The van der Waals surface area contributed by atoms with Crippen LogP contribution in [0.5, 0.6) is 0 Å². The molecule has 2 atom stereocenters. The van der Waals surface area contributed by atoms with Crippen LogP contribution in [0.3, 0.4) is 0 Å². The molecule has 0 unspecified atom stereocenters. The minimum atomic E-state index is -3.12. The van der Waals surface area contributed by atoms with Crippen LogP contribution in [0.25, 0.3) is 10.9 Å². The van der Waals surface area contributed by atoms with E-state index in [1.54, 1.807) is 17.0 Å². The number of amides is 1. The second-order valence-corrected chi connectivity index (χ2v) is 9.62. The average molecular weight is 412 g/mol. The summed E-state index contributed by atoms with van der Waals surface area (Å²) in [4.78, 5) is 31.5. The Hall–Kier alpha value is -1.93. The van der Waals surface area contributed by atoms with Gasteiger partial charge < -0.3 is 4.90 Å². The van der Waals surface area contributed by atoms with E-state index in [4.69, 9.17) is 11.6 Å². The fraction of sp³-hybridized carbons (Fsp3) is 0.500. The van der Waals surface area contributed by atoms with Crippen LogP contribution in [-0.2, 0) is 21.2 Å². The summed E-state index contributed by atoms with van der Waals surface area (Å²) in [5, 5.41) is 0.763. The van der Waals surface area contributed by atoms with Crippen LogP contribution < -0.4 is 5.56 Å². The molecule has 1 fully saturated rings. The summed E-state index contributed by atoms with van der Waals surface area (Å²) in [6, 6.07) is 4.37. The van der Waals surface area contributed by atoms with Crippen LogP contribution in [0.2, 0.25) is 5.02 Å². The molecular weight excluding hydrogens is 390 g/mol. The highest BCUT2D eigenvalue weighted by atomic mass is 35.5. The molecule has 7 nitrogen and oxygen atoms in total. The Morgan fingerprint density at radius 1 is 1.44 bits per heavy atom. The number of sulfone groups is 1. The van der Waals surface area contributed by atoms with Gasteiger partial charge in [-0.1, -0.05) is 18.5 Å². The molecule has 1 aromatic carbocycles. The third-order valence-electron chi connectivity index (χ3n) is 5.05. The summed E-state index contributed by atoms with van der Waals surface area (Å²) < 4.78 is 25.0. The molecule has 0 aliphatic carbocycles. The summed E-state index contributed by atoms with van der Waals surface area (Å²) in [5.74, 6) is -0.214. The molecular formula is C18H22ClN3O4S. The molecule has 146 valence electrons. The molecule has 3 rings (SSSR count). The molecule has 1 aliphatic rings. The van der Waals surface area contributed by atoms with E-state index in [1.165, 1.54) is 17.0 Å². The molecule has 2 aromatic rings. The van der Waals surface area contributed by atoms with Gasteiger partial charge in [-0.15, -0.1) is 0 Å². The molecule has 0 N–H and O–H groups in total. The second kappa shape index (κ2) is 7.59. The fourth-order valence-corrected chi connectivity index (χ4v) is 5.36. The number of hydrogen-bond acceptors (Lipinski definition) is 5. The minimum Gasteiger partial charge on any atom is -0.334 e. The van der Waals surface area contributed by atoms with Gasteiger partial charge in [0.05, 0.1) is 28.7 Å². The summed E-state index contributed by atoms with van der Waals surface area (Å²) >= 11 is 5.96. The lowest BCUT2D eigenvalue weighted by Gasteiger charge is -2.33. The van der Waals surface area contributed by atoms with Crippen LogP contribution in [0, 0.1) is 0 Å². The lowest BCUT2D eigenvalue weighted by molar-refractivity contribution is -0.136. The molecule has 0 spiro atoms. The molecule has 1 amide bonds. The predicted molar refractivity (Wildman–Crippen MR) is 105 cm³/mol. The molecule has 0 saturated carbocycles. The SMILES string of the molecule is CC[C@@H](C)N(C(=O)Cn1cnc2ccc(Cl)cc2c1=O)[C@@H]1CCS(=O)(=O)C1. The van der Waals surface area contributed by atoms with Gasteiger partial charge in [0.25, 0.3) is 5.56 Å². The normalized spacial score (nSPS) is 19.9. The second-order valence-electron chi connectivity index (χ2n) is 6.95. The van der Waals surface area contributed by atoms with Crippen molar-refractivity contribution >= 4 is 38.2 Å². The smallest absolute Gasteiger partial charge is 0.261 e. The highest BCUT2D eigenvalue weighted by molar-refractivity contribution is 7.91. The monoisotopic (exact) mass is 411 g/mol. The van der Waals surface area contributed by atoms with E-state index in [9.17, 15) is 18.0 Å². The Morgan fingerprint density at radius 3 is 2.81 bits per heavy atom. The molecule has 2 heterocycles. The van der Waals surface area contributed by atoms with Crippen LogP contribution in [0.4, 0.5) is 0 Å². The van der Waals surface area contributed by atoms with Crippen molar-refractivity contribution in [2.75, 3.05) is 11.5 Å². The Morgan fingerprint density at radius 2 is 2.19 bits per heavy atom. The largest absolute Gasteiger partial charge is 0.334 e. The van der Waals surface area contributed by atoms with Gasteiger partial charge in [-0.3, -0.25) is 14.2 Å². The standard InChI is InChI=1S/C18H22ClN3O4S/c1-3-12(2)22(14-6-7-27(25,26)10-14)17(23)9-21-11-20-16-5-4-13(19)8-15(16)18(21)24/h4-5,8,11-12,14H,3,6-7,9-10H2,1-2H3/t12-,14-/m1/s1. The van der Waals surface area contributed by atoms with E-state index in [0.29, 0.717) is 28.8 Å². The van der Waals surface area contributed by atoms with Gasteiger partial charge in [0, 0.05) is 17.1 Å². The maximum absolute atomic E-state index is 13.0. The maximum Gasteiger partial charge on any atom is 0.261 e. The average Bonchev–Trinajstić information content (AvgIpc) is 2.97. The predicted octanol–water partition coefficient (Wildman–Crippen LogP) is 1.86. The molecule has 0 bridgehead atoms. The Balaban J connectivity index is 1.91. The van der Waals surface area contributed by atoms with Crippen LogP contribution in [0.1, 0.15) is 26.7 Å². The number of fused-ring (bicyclic) bond motifs is 1. The first-order chi connectivity index (χ1) is 12.7. The molecule has 1 aromatic heterocycles. The number of carbonyl (C=O) groups excluding carboxylic acids is 1. The van der Waals surface area contributed by atoms with E-state index in [-0.39, 0.29) is 41.6 Å². The number of halogens is 1. The third-order valence-corrected chi connectivity index (χ3v) is 7.03. The molecule has 9 heteroatoms. The van der Waals surface area contributed by atoms with Crippen molar-refractivity contribution in [1.29, 1.82) is 0 Å². The van der Waals surface area contributed by atoms with Crippen molar-refractivity contribution in [2.24, 2.45) is 0 Å². The van der Waals surface area contributed by atoms with E-state index >= 15 is 0 Å². The van der Waals surface area contributed by atoms with Gasteiger partial charge in [-0.2, -0.15) is 0 Å². The lowest BCUT2D eigenvalue weighted by atomic mass is 10.1. The van der Waals surface area contributed by atoms with Crippen molar-refractivity contribution in [3.63, 3.8) is 0 Å². The van der Waals surface area contributed by atoms with E-state index in [0.717, 1.165) is 0 Å². The molecule has 1 aliphatic heterocycles.